The summed E-state index contributed by atoms with van der Waals surface area (Å²) >= 11 is 0. The number of carbonyl (C=O) groups excluding carboxylic acids is 1. The Morgan fingerprint density at radius 1 is 1.02 bits per heavy atom. The van der Waals surface area contributed by atoms with Gasteiger partial charge in [-0.15, -0.1) is 0 Å². The third-order valence-corrected chi connectivity index (χ3v) is 9.10. The zero-order valence-electron chi connectivity index (χ0n) is 26.0. The van der Waals surface area contributed by atoms with Crippen molar-refractivity contribution in [3.63, 3.8) is 0 Å². The first-order chi connectivity index (χ1) is 22.0. The molecule has 0 radical (unpaired) electrons. The molecular weight excluding hydrogens is 576 g/mol. The first-order valence-electron chi connectivity index (χ1n) is 16.3. The van der Waals surface area contributed by atoms with Crippen LogP contribution in [0.15, 0.2) is 30.3 Å². The molecule has 4 aliphatic rings. The van der Waals surface area contributed by atoms with Gasteiger partial charge in [-0.1, -0.05) is 12.8 Å². The molecule has 6 heterocycles. The molecule has 0 aliphatic carbocycles. The van der Waals surface area contributed by atoms with Crippen molar-refractivity contribution in [2.45, 2.75) is 77.2 Å². The summed E-state index contributed by atoms with van der Waals surface area (Å²) in [6.45, 7) is 6.21. The molecule has 0 spiro atoms. The highest BCUT2D eigenvalue weighted by molar-refractivity contribution is 5.90. The monoisotopic (exact) mass is 620 g/mol. The summed E-state index contributed by atoms with van der Waals surface area (Å²) in [5.41, 5.74) is 4.61. The maximum atomic E-state index is 11.1. The van der Waals surface area contributed by atoms with E-state index < -0.39 is 0 Å². The minimum atomic E-state index is -0.362. The fourth-order valence-corrected chi connectivity index (χ4v) is 6.48. The van der Waals surface area contributed by atoms with Crippen LogP contribution in [0.5, 0.6) is 5.75 Å². The number of anilines is 2. The van der Waals surface area contributed by atoms with Crippen molar-refractivity contribution in [2.75, 3.05) is 49.3 Å². The molecule has 3 N–H and O–H groups in total. The van der Waals surface area contributed by atoms with Gasteiger partial charge in [0.05, 0.1) is 50.2 Å². The summed E-state index contributed by atoms with van der Waals surface area (Å²) in [6, 6.07) is 9.99. The number of amides is 1. The smallest absolute Gasteiger partial charge is 0.243 e. The Morgan fingerprint density at radius 3 is 2.71 bits per heavy atom. The maximum Gasteiger partial charge on any atom is 0.243 e. The zero-order valence-corrected chi connectivity index (χ0v) is 26.0. The predicted octanol–water partition coefficient (Wildman–Crippen LogP) is 4.21. The molecule has 1 aromatic carbocycles. The van der Waals surface area contributed by atoms with Crippen LogP contribution in [0.4, 0.5) is 11.8 Å². The number of aromatic nitrogens is 3. The zero-order chi connectivity index (χ0) is 31.2. The van der Waals surface area contributed by atoms with Crippen molar-refractivity contribution in [3.8, 4) is 17.0 Å². The number of rotatable bonds is 12. The number of aliphatic hydroxyl groups is 1. The second-order valence-corrected chi connectivity index (χ2v) is 12.3. The number of nitrogens with zero attached hydrogens (tertiary/aromatic N) is 5. The van der Waals surface area contributed by atoms with E-state index in [0.717, 1.165) is 74.3 Å². The second-order valence-electron chi connectivity index (χ2n) is 12.3. The van der Waals surface area contributed by atoms with E-state index in [2.05, 4.69) is 22.8 Å². The van der Waals surface area contributed by atoms with E-state index in [1.807, 2.05) is 24.3 Å². The number of pyridine rings is 1. The number of benzene rings is 1. The first-order valence-corrected chi connectivity index (χ1v) is 16.3. The number of nitrogens with one attached hydrogen (secondary N) is 1. The van der Waals surface area contributed by atoms with Crippen LogP contribution < -0.4 is 20.0 Å². The van der Waals surface area contributed by atoms with Crippen LogP contribution in [0.2, 0.25) is 0 Å². The number of fused-ring (bicyclic) bond motifs is 5. The molecule has 45 heavy (non-hydrogen) atoms. The van der Waals surface area contributed by atoms with Crippen LogP contribution in [0, 0.1) is 5.92 Å². The molecule has 3 atom stereocenters. The number of hydroxylamine groups is 1. The van der Waals surface area contributed by atoms with Gasteiger partial charge in [-0.25, -0.2) is 10.5 Å². The molecule has 2 unspecified atom stereocenters. The largest absolute Gasteiger partial charge is 0.493 e. The summed E-state index contributed by atoms with van der Waals surface area (Å²) in [4.78, 5) is 30.9. The fraction of sp³-hybridized carbons (Fsp3) is 0.576. The predicted molar refractivity (Wildman–Crippen MR) is 169 cm³/mol. The average molecular weight is 621 g/mol. The van der Waals surface area contributed by atoms with Crippen molar-refractivity contribution in [2.24, 2.45) is 5.92 Å². The summed E-state index contributed by atoms with van der Waals surface area (Å²) in [6.07, 6.45) is 6.83. The molecule has 0 saturated carbocycles. The highest BCUT2D eigenvalue weighted by Crippen LogP contribution is 2.35. The molecule has 3 aromatic rings. The van der Waals surface area contributed by atoms with Crippen LogP contribution in [-0.2, 0) is 20.9 Å². The number of hydrogen-bond donors (Lipinski definition) is 3. The molecular formula is C33H44N6O6. The number of ether oxygens (including phenoxy) is 3. The van der Waals surface area contributed by atoms with Crippen LogP contribution in [-0.4, -0.2) is 83.0 Å². The molecule has 12 heteroatoms. The Morgan fingerprint density at radius 2 is 1.91 bits per heavy atom. The molecule has 1 amide bonds. The van der Waals surface area contributed by atoms with Gasteiger partial charge in [0.15, 0.2) is 5.65 Å². The maximum absolute atomic E-state index is 11.1. The van der Waals surface area contributed by atoms with Crippen molar-refractivity contribution in [3.05, 3.63) is 35.9 Å². The molecule has 4 saturated heterocycles. The van der Waals surface area contributed by atoms with Gasteiger partial charge in [0, 0.05) is 30.6 Å². The second kappa shape index (κ2) is 14.7. The lowest BCUT2D eigenvalue weighted by atomic mass is 10.0. The Bertz CT molecular complexity index is 1470. The Labute approximate surface area is 263 Å². The highest BCUT2D eigenvalue weighted by Gasteiger charge is 2.34. The van der Waals surface area contributed by atoms with E-state index in [4.69, 9.17) is 34.4 Å². The average Bonchev–Trinajstić information content (AvgIpc) is 3.41. The van der Waals surface area contributed by atoms with E-state index >= 15 is 0 Å². The van der Waals surface area contributed by atoms with Crippen molar-refractivity contribution >= 4 is 28.7 Å². The minimum Gasteiger partial charge on any atom is -0.493 e. The third-order valence-electron chi connectivity index (χ3n) is 9.10. The fourth-order valence-electron chi connectivity index (χ4n) is 6.48. The number of unbranched alkanes of at least 4 members (excludes halogenated alkanes) is 3. The van der Waals surface area contributed by atoms with Gasteiger partial charge in [-0.05, 0) is 75.3 Å². The van der Waals surface area contributed by atoms with Gasteiger partial charge in [-0.2, -0.15) is 9.97 Å². The molecule has 2 aromatic heterocycles. The summed E-state index contributed by atoms with van der Waals surface area (Å²) in [5, 5.41) is 19.6. The van der Waals surface area contributed by atoms with E-state index in [1.165, 1.54) is 6.42 Å². The third kappa shape index (κ3) is 7.30. The minimum absolute atomic E-state index is 0.0215. The lowest BCUT2D eigenvalue weighted by Gasteiger charge is -2.36. The van der Waals surface area contributed by atoms with Crippen molar-refractivity contribution in [1.82, 2.24) is 20.4 Å². The van der Waals surface area contributed by atoms with Gasteiger partial charge in [0.2, 0.25) is 11.9 Å². The number of hydrogen-bond acceptors (Lipinski definition) is 11. The quantitative estimate of drug-likeness (QED) is 0.152. The van der Waals surface area contributed by atoms with E-state index in [9.17, 15) is 9.90 Å². The van der Waals surface area contributed by atoms with Crippen molar-refractivity contribution in [1.29, 1.82) is 0 Å². The van der Waals surface area contributed by atoms with E-state index in [1.54, 1.807) is 5.48 Å². The van der Waals surface area contributed by atoms with Gasteiger partial charge in [0.25, 0.3) is 0 Å². The van der Waals surface area contributed by atoms with E-state index in [0.29, 0.717) is 61.5 Å². The van der Waals surface area contributed by atoms with Gasteiger partial charge in [-0.3, -0.25) is 10.0 Å². The molecule has 4 aliphatic heterocycles. The summed E-state index contributed by atoms with van der Waals surface area (Å²) in [5.74, 6) is 2.41. The molecule has 7 rings (SSSR count). The summed E-state index contributed by atoms with van der Waals surface area (Å²) in [7, 11) is 0. The summed E-state index contributed by atoms with van der Waals surface area (Å²) < 4.78 is 17.9. The van der Waals surface area contributed by atoms with Crippen LogP contribution in [0.3, 0.4) is 0 Å². The van der Waals surface area contributed by atoms with E-state index in [-0.39, 0.29) is 24.8 Å². The van der Waals surface area contributed by atoms with Gasteiger partial charge >= 0.3 is 0 Å². The van der Waals surface area contributed by atoms with Gasteiger partial charge < -0.3 is 29.1 Å². The van der Waals surface area contributed by atoms with Crippen LogP contribution >= 0.6 is 0 Å². The molecule has 4 fully saturated rings. The Kier molecular flexibility index (Phi) is 10.2. The Balaban J connectivity index is 1.24. The first kappa shape index (κ1) is 31.4. The Hall–Kier alpha value is -3.58. The number of aliphatic hydroxyl groups excluding tert-OH is 1. The number of carbonyl (C=O) groups is 1. The van der Waals surface area contributed by atoms with Gasteiger partial charge in [0.1, 0.15) is 17.8 Å². The standard InChI is InChI=1S/C33H44N6O6/c1-22-20-43-17-15-38(22)32-26-9-10-27(34-31(26)35-33(36-32)39-14-13-23-7-12-30(39)45-21-23)24-8-11-28(25(18-24)19-40)44-16-5-3-2-4-6-29(41)37-42/h8-11,18,22-23,30,40,42H,2-7,12-17,19-21H2,1H3,(H,37,41)/t22-,23?,30?/m0/s1. The van der Waals surface area contributed by atoms with Crippen molar-refractivity contribution < 1.29 is 29.3 Å². The van der Waals surface area contributed by atoms with Crippen LogP contribution in [0.1, 0.15) is 63.9 Å². The molecule has 12 nitrogen and oxygen atoms in total. The SMILES string of the molecule is C[C@H]1COCCN1c1nc(N2CCC3CCC2OC3)nc2nc(-c3ccc(OCCCCCCC(=O)NO)c(CO)c3)ccc12. The lowest BCUT2D eigenvalue weighted by Crippen LogP contribution is -2.45. The lowest BCUT2D eigenvalue weighted by molar-refractivity contribution is -0.129. The highest BCUT2D eigenvalue weighted by atomic mass is 16.5. The number of morpholine rings is 1. The molecule has 242 valence electrons. The topological polar surface area (TPSA) is 142 Å². The molecule has 2 bridgehead atoms. The normalized spacial score (nSPS) is 21.6. The van der Waals surface area contributed by atoms with Crippen LogP contribution in [0.25, 0.3) is 22.3 Å².